The summed E-state index contributed by atoms with van der Waals surface area (Å²) in [6.45, 7) is 0. The maximum atomic E-state index is 2.43. The number of fused-ring (bicyclic) bond motifs is 7. The quantitative estimate of drug-likeness (QED) is 0.0889. The number of hydrogen-bond acceptors (Lipinski definition) is 2. The second-order valence-corrected chi connectivity index (χ2v) is 20.5. The summed E-state index contributed by atoms with van der Waals surface area (Å²) in [6, 6.07) is 110. The molecule has 0 saturated heterocycles. The number of benzene rings is 14. The molecule has 0 unspecified atom stereocenters. The van der Waals surface area contributed by atoms with Crippen LogP contribution < -0.4 is 9.80 Å². The Kier molecular flexibility index (Phi) is 12.6. The summed E-state index contributed by atoms with van der Waals surface area (Å²) >= 11 is 0. The third-order valence-electron chi connectivity index (χ3n) is 15.6. The molecule has 2 heteroatoms. The zero-order valence-corrected chi connectivity index (χ0v) is 44.1. The van der Waals surface area contributed by atoms with Gasteiger partial charge in [-0.3, -0.25) is 0 Å². The third-order valence-corrected chi connectivity index (χ3v) is 15.6. The molecule has 14 aromatic carbocycles. The molecule has 0 aliphatic heterocycles. The van der Waals surface area contributed by atoms with Crippen molar-refractivity contribution in [3.63, 3.8) is 0 Å². The van der Waals surface area contributed by atoms with Crippen LogP contribution in [0.25, 0.3) is 100 Å². The van der Waals surface area contributed by atoms with E-state index in [1.54, 1.807) is 0 Å². The van der Waals surface area contributed by atoms with Crippen LogP contribution in [0.5, 0.6) is 0 Å². The molecule has 2 nitrogen and oxygen atoms in total. The van der Waals surface area contributed by atoms with Gasteiger partial charge in [-0.25, -0.2) is 0 Å². The largest absolute Gasteiger partial charge is 0.310 e. The molecule has 0 atom stereocenters. The first-order valence-corrected chi connectivity index (χ1v) is 27.5. The van der Waals surface area contributed by atoms with Gasteiger partial charge >= 0.3 is 0 Å². The molecule has 0 aliphatic rings. The number of anilines is 6. The van der Waals surface area contributed by atoms with Crippen LogP contribution in [0, 0.1) is 0 Å². The first-order chi connectivity index (χ1) is 39.7. The van der Waals surface area contributed by atoms with E-state index < -0.39 is 0 Å². The van der Waals surface area contributed by atoms with E-state index in [2.05, 4.69) is 337 Å². The van der Waals surface area contributed by atoms with E-state index in [1.165, 1.54) is 87.2 Å². The summed E-state index contributed by atoms with van der Waals surface area (Å²) in [4.78, 5) is 4.78. The van der Waals surface area contributed by atoms with E-state index in [0.717, 1.165) is 45.3 Å². The molecule has 0 heterocycles. The van der Waals surface area contributed by atoms with E-state index in [9.17, 15) is 0 Å². The Bertz CT molecular complexity index is 4290. The zero-order chi connectivity index (χ0) is 53.2. The highest BCUT2D eigenvalue weighted by molar-refractivity contribution is 6.24. The molecule has 0 spiro atoms. The second-order valence-electron chi connectivity index (χ2n) is 20.5. The molecule has 0 N–H and O–H groups in total. The Morgan fingerprint density at radius 2 is 0.487 bits per heavy atom. The van der Waals surface area contributed by atoms with Crippen LogP contribution in [0.15, 0.2) is 303 Å². The Labute approximate surface area is 467 Å². The molecule has 0 amide bonds. The van der Waals surface area contributed by atoms with E-state index in [-0.39, 0.29) is 0 Å². The van der Waals surface area contributed by atoms with Crippen LogP contribution in [0.3, 0.4) is 0 Å². The van der Waals surface area contributed by atoms with Gasteiger partial charge in [-0.05, 0) is 160 Å². The summed E-state index contributed by atoms with van der Waals surface area (Å²) in [5, 5.41) is 12.2. The van der Waals surface area contributed by atoms with Gasteiger partial charge in [0.25, 0.3) is 0 Å². The van der Waals surface area contributed by atoms with Gasteiger partial charge in [-0.1, -0.05) is 255 Å². The van der Waals surface area contributed by atoms with Crippen LogP contribution in [-0.4, -0.2) is 0 Å². The summed E-state index contributed by atoms with van der Waals surface area (Å²) < 4.78 is 0. The van der Waals surface area contributed by atoms with Crippen molar-refractivity contribution in [2.45, 2.75) is 0 Å². The number of rotatable bonds is 12. The van der Waals surface area contributed by atoms with Crippen molar-refractivity contribution in [2.75, 3.05) is 9.80 Å². The fraction of sp³-hybridized carbons (Fsp3) is 0. The molecule has 0 saturated carbocycles. The minimum Gasteiger partial charge on any atom is -0.310 e. The van der Waals surface area contributed by atoms with Gasteiger partial charge in [0.05, 0.1) is 11.4 Å². The van der Waals surface area contributed by atoms with Crippen molar-refractivity contribution < 1.29 is 0 Å². The highest BCUT2D eigenvalue weighted by atomic mass is 15.1. The van der Waals surface area contributed by atoms with Crippen LogP contribution in [0.1, 0.15) is 22.3 Å². The number of nitrogens with zero attached hydrogens (tertiary/aromatic N) is 2. The van der Waals surface area contributed by atoms with Crippen molar-refractivity contribution in [1.82, 2.24) is 0 Å². The van der Waals surface area contributed by atoms with Crippen molar-refractivity contribution >= 4 is 112 Å². The lowest BCUT2D eigenvalue weighted by molar-refractivity contribution is 1.30. The highest BCUT2D eigenvalue weighted by Crippen LogP contribution is 2.45. The Hall–Kier alpha value is -10.5. The Morgan fingerprint density at radius 3 is 0.863 bits per heavy atom. The van der Waals surface area contributed by atoms with Gasteiger partial charge in [0.15, 0.2) is 0 Å². The van der Waals surface area contributed by atoms with Crippen molar-refractivity contribution in [3.8, 4) is 22.3 Å². The molecule has 14 aromatic rings. The fourth-order valence-electron chi connectivity index (χ4n) is 11.7. The van der Waals surface area contributed by atoms with E-state index in [1.807, 2.05) is 0 Å². The minimum atomic E-state index is 1.09. The third kappa shape index (κ3) is 9.25. The average Bonchev–Trinajstić information content (AvgIpc) is 3.67. The maximum Gasteiger partial charge on any atom is 0.0540 e. The molecule has 0 radical (unpaired) electrons. The predicted molar refractivity (Wildman–Crippen MR) is 345 cm³/mol. The molecule has 0 bridgehead atoms. The van der Waals surface area contributed by atoms with Gasteiger partial charge in [-0.2, -0.15) is 0 Å². The van der Waals surface area contributed by atoms with Crippen LogP contribution in [-0.2, 0) is 0 Å². The monoisotopic (exact) mass is 1020 g/mol. The first kappa shape index (κ1) is 47.9. The Balaban J connectivity index is 0.835. The molecular weight excluding hydrogens is 965 g/mol. The van der Waals surface area contributed by atoms with Gasteiger partial charge in [-0.15, -0.1) is 0 Å². The molecule has 376 valence electrons. The lowest BCUT2D eigenvalue weighted by Gasteiger charge is -2.27. The van der Waals surface area contributed by atoms with Gasteiger partial charge in [0.2, 0.25) is 0 Å². The number of hydrogen-bond donors (Lipinski definition) is 0. The van der Waals surface area contributed by atoms with Gasteiger partial charge in [0, 0.05) is 33.5 Å². The van der Waals surface area contributed by atoms with E-state index in [4.69, 9.17) is 0 Å². The van der Waals surface area contributed by atoms with E-state index >= 15 is 0 Å². The molecule has 0 fully saturated rings. The molecule has 0 aromatic heterocycles. The average molecular weight is 1020 g/mol. The summed E-state index contributed by atoms with van der Waals surface area (Å²) in [5.74, 6) is 0. The van der Waals surface area contributed by atoms with Crippen LogP contribution in [0.2, 0.25) is 0 Å². The van der Waals surface area contributed by atoms with Crippen molar-refractivity contribution in [3.05, 3.63) is 326 Å². The fourth-order valence-corrected chi connectivity index (χ4v) is 11.7. The van der Waals surface area contributed by atoms with Gasteiger partial charge in [0.1, 0.15) is 0 Å². The highest BCUT2D eigenvalue weighted by Gasteiger charge is 2.20. The molecule has 14 rings (SSSR count). The molecular formula is C78H54N2. The lowest BCUT2D eigenvalue weighted by atomic mass is 9.87. The topological polar surface area (TPSA) is 6.48 Å². The van der Waals surface area contributed by atoms with Crippen molar-refractivity contribution in [1.29, 1.82) is 0 Å². The van der Waals surface area contributed by atoms with Crippen molar-refractivity contribution in [2.24, 2.45) is 0 Å². The molecule has 80 heavy (non-hydrogen) atoms. The standard InChI is InChI=1S/C78H54N2/c1-3-17-55(18-4-1)33-35-57-37-45-63(46-38-57)79(77-31-15-23-59-21-7-9-25-67(59)77)65-49-41-61(42-50-65)73-53-75-72-30-14-12-28-70(72)74(54-76(75)71-29-13-11-27-69(71)73)62-43-51-66(52-44-62)80(78-32-16-24-60-22-8-10-26-68(60)78)64-47-39-58(40-48-64)36-34-56-19-5-2-6-20-56/h1-54H/b35-33+,36-34+. The summed E-state index contributed by atoms with van der Waals surface area (Å²) in [5.41, 5.74) is 16.1. The van der Waals surface area contributed by atoms with Crippen LogP contribution in [0.4, 0.5) is 34.1 Å². The summed E-state index contributed by atoms with van der Waals surface area (Å²) in [6.07, 6.45) is 8.70. The SMILES string of the molecule is C(=C\c1ccc(N(c2ccc(-c3cc4c5ccccc5c(-c5ccc(N(c6ccc(/C=C/c7ccccc7)cc6)c6cccc7ccccc67)cc5)cc4c4ccccc34)cc2)c2cccc3ccccc23)cc1)/c1ccccc1. The van der Waals surface area contributed by atoms with E-state index in [0.29, 0.717) is 0 Å². The lowest BCUT2D eigenvalue weighted by Crippen LogP contribution is -2.10. The zero-order valence-electron chi connectivity index (χ0n) is 44.1. The van der Waals surface area contributed by atoms with Gasteiger partial charge < -0.3 is 9.80 Å². The maximum absolute atomic E-state index is 2.43. The predicted octanol–water partition coefficient (Wildman–Crippen LogP) is 22.1. The minimum absolute atomic E-state index is 1.09. The normalized spacial score (nSPS) is 11.7. The smallest absolute Gasteiger partial charge is 0.0540 e. The summed E-state index contributed by atoms with van der Waals surface area (Å²) in [7, 11) is 0. The molecule has 0 aliphatic carbocycles. The second kappa shape index (κ2) is 21.1. The van der Waals surface area contributed by atoms with Crippen LogP contribution >= 0.6 is 0 Å². The first-order valence-electron chi connectivity index (χ1n) is 27.5. The Morgan fingerprint density at radius 1 is 0.200 bits per heavy atom.